The number of nitrogens with one attached hydrogen (secondary N) is 1. The van der Waals surface area contributed by atoms with E-state index in [0.717, 1.165) is 10.3 Å². The lowest BCUT2D eigenvalue weighted by Crippen LogP contribution is -2.11. The molecule has 0 saturated heterocycles. The number of aromatic hydroxyl groups is 2. The smallest absolute Gasteiger partial charge is 0.158 e. The molecule has 0 fully saturated rings. The van der Waals surface area contributed by atoms with Gasteiger partial charge in [-0.15, -0.1) is 11.3 Å². The van der Waals surface area contributed by atoms with Crippen LogP contribution in [-0.4, -0.2) is 26.6 Å². The van der Waals surface area contributed by atoms with Crippen LogP contribution in [0.25, 0.3) is 0 Å². The van der Waals surface area contributed by atoms with Crippen LogP contribution in [0.5, 0.6) is 11.5 Å². The van der Waals surface area contributed by atoms with Crippen LogP contribution in [0, 0.1) is 12.3 Å². The molecule has 0 saturated carbocycles. The zero-order valence-electron chi connectivity index (χ0n) is 15.2. The first-order valence-electron chi connectivity index (χ1n) is 8.52. The van der Waals surface area contributed by atoms with Crippen molar-refractivity contribution in [3.8, 4) is 11.5 Å². The van der Waals surface area contributed by atoms with E-state index >= 15 is 0 Å². The summed E-state index contributed by atoms with van der Waals surface area (Å²) >= 11 is 1.70. The molecule has 3 aromatic rings. The first kappa shape index (κ1) is 19.3. The maximum Gasteiger partial charge on any atom is 0.158 e. The van der Waals surface area contributed by atoms with Gasteiger partial charge in [0.25, 0.3) is 0 Å². The maximum atomic E-state index is 9.97. The normalized spacial score (nSPS) is 12.5. The Hall–Kier alpha value is -2.43. The summed E-state index contributed by atoms with van der Waals surface area (Å²) in [6, 6.07) is 10.1. The summed E-state index contributed by atoms with van der Waals surface area (Å²) in [4.78, 5) is 5.62. The van der Waals surface area contributed by atoms with E-state index in [1.54, 1.807) is 41.7 Å². The van der Waals surface area contributed by atoms with E-state index in [1.165, 1.54) is 10.9 Å². The molecule has 5 nitrogen and oxygen atoms in total. The minimum absolute atomic E-state index is 0.167. The topological polar surface area (TPSA) is 103 Å². The molecule has 1 heterocycles. The minimum Gasteiger partial charge on any atom is -0.504 e. The van der Waals surface area contributed by atoms with Crippen LogP contribution in [0.1, 0.15) is 28.5 Å². The standard InChI is InChI=1S/C20H22N3O2PS/c1-11(26-20-23-10-12(2)27-20)7-14-8-17(24)18(25)9-16(14)19(22)13-3-5-15(21)6-4-13/h3-6,8-11,22,24-26H,7,21H2,1-2H3. The van der Waals surface area contributed by atoms with Gasteiger partial charge >= 0.3 is 0 Å². The molecule has 5 N–H and O–H groups in total. The lowest BCUT2D eigenvalue weighted by Gasteiger charge is -2.16. The highest BCUT2D eigenvalue weighted by Crippen LogP contribution is 2.33. The Balaban J connectivity index is 1.88. The highest BCUT2D eigenvalue weighted by Gasteiger charge is 2.17. The Kier molecular flexibility index (Phi) is 5.78. The molecular weight excluding hydrogens is 377 g/mol. The predicted octanol–water partition coefficient (Wildman–Crippen LogP) is 3.80. The van der Waals surface area contributed by atoms with Gasteiger partial charge in [-0.3, -0.25) is 5.41 Å². The van der Waals surface area contributed by atoms with Gasteiger partial charge < -0.3 is 15.9 Å². The number of hydrogen-bond donors (Lipinski definition) is 4. The Labute approximate surface area is 164 Å². The molecule has 0 aliphatic carbocycles. The lowest BCUT2D eigenvalue weighted by atomic mass is 9.94. The fraction of sp³-hybridized carbons (Fsp3) is 0.200. The SMILES string of the molecule is Cc1cnc(PC(C)Cc2cc(O)c(O)cc2C(=N)c2ccc(N)cc2)s1. The molecule has 27 heavy (non-hydrogen) atoms. The molecular formula is C20H22N3O2PS. The van der Waals surface area contributed by atoms with Crippen LogP contribution in [0.3, 0.4) is 0 Å². The Morgan fingerprint density at radius 2 is 1.89 bits per heavy atom. The van der Waals surface area contributed by atoms with Gasteiger partial charge in [-0.25, -0.2) is 4.98 Å². The first-order valence-corrected chi connectivity index (χ1v) is 10.4. The van der Waals surface area contributed by atoms with E-state index in [1.807, 2.05) is 13.1 Å². The average molecular weight is 399 g/mol. The number of phenolic OH excluding ortho intramolecular Hbond substituents is 2. The zero-order chi connectivity index (χ0) is 19.6. The summed E-state index contributed by atoms with van der Waals surface area (Å²) in [5.74, 6) is -0.390. The van der Waals surface area contributed by atoms with Gasteiger partial charge in [0.15, 0.2) is 11.5 Å². The van der Waals surface area contributed by atoms with Crippen molar-refractivity contribution in [3.63, 3.8) is 0 Å². The van der Waals surface area contributed by atoms with Crippen molar-refractivity contribution in [3.05, 3.63) is 64.2 Å². The number of nitrogens with two attached hydrogens (primary N) is 1. The molecule has 1 aromatic heterocycles. The number of anilines is 1. The molecule has 0 bridgehead atoms. The number of nitrogens with zero attached hydrogens (tertiary/aromatic N) is 1. The molecule has 3 rings (SSSR count). The average Bonchev–Trinajstić information content (AvgIpc) is 3.02. The predicted molar refractivity (Wildman–Crippen MR) is 115 cm³/mol. The van der Waals surface area contributed by atoms with Gasteiger partial charge in [-0.05, 0) is 48.8 Å². The number of rotatable bonds is 6. The van der Waals surface area contributed by atoms with E-state index in [2.05, 4.69) is 11.9 Å². The van der Waals surface area contributed by atoms with Gasteiger partial charge in [0.05, 0.1) is 5.71 Å². The van der Waals surface area contributed by atoms with E-state index in [0.29, 0.717) is 43.2 Å². The summed E-state index contributed by atoms with van der Waals surface area (Å²) in [6.07, 6.45) is 2.56. The largest absolute Gasteiger partial charge is 0.504 e. The third-order valence-corrected chi connectivity index (χ3v) is 6.65. The van der Waals surface area contributed by atoms with Crippen molar-refractivity contribution in [1.29, 1.82) is 5.41 Å². The van der Waals surface area contributed by atoms with Crippen molar-refractivity contribution < 1.29 is 10.2 Å². The summed E-state index contributed by atoms with van der Waals surface area (Å²) in [5.41, 5.74) is 9.12. The molecule has 2 unspecified atom stereocenters. The van der Waals surface area contributed by atoms with Crippen molar-refractivity contribution in [2.24, 2.45) is 0 Å². The fourth-order valence-corrected chi connectivity index (χ4v) is 5.56. The van der Waals surface area contributed by atoms with E-state index < -0.39 is 0 Å². The third-order valence-electron chi connectivity index (χ3n) is 4.19. The molecule has 140 valence electrons. The van der Waals surface area contributed by atoms with E-state index in [9.17, 15) is 10.2 Å². The van der Waals surface area contributed by atoms with Crippen LogP contribution < -0.4 is 10.5 Å². The summed E-state index contributed by atoms with van der Waals surface area (Å²) < 4.78 is 1.11. The Morgan fingerprint density at radius 3 is 2.52 bits per heavy atom. The molecule has 2 atom stereocenters. The van der Waals surface area contributed by atoms with Crippen LogP contribution in [0.15, 0.2) is 42.6 Å². The highest BCUT2D eigenvalue weighted by molar-refractivity contribution is 7.56. The fourth-order valence-electron chi connectivity index (χ4n) is 2.84. The zero-order valence-corrected chi connectivity index (χ0v) is 17.0. The van der Waals surface area contributed by atoms with Crippen LogP contribution in [0.4, 0.5) is 5.69 Å². The number of benzene rings is 2. The second-order valence-electron chi connectivity index (χ2n) is 6.52. The van der Waals surface area contributed by atoms with Gasteiger partial charge in [0, 0.05) is 27.9 Å². The molecule has 0 spiro atoms. The summed E-state index contributed by atoms with van der Waals surface area (Å²) in [7, 11) is 0.550. The summed E-state index contributed by atoms with van der Waals surface area (Å²) in [5, 5.41) is 28.5. The third kappa shape index (κ3) is 4.65. The van der Waals surface area contributed by atoms with Crippen molar-refractivity contribution in [1.82, 2.24) is 4.98 Å². The van der Waals surface area contributed by atoms with E-state index in [4.69, 9.17) is 11.1 Å². The van der Waals surface area contributed by atoms with E-state index in [-0.39, 0.29) is 11.5 Å². The van der Waals surface area contributed by atoms with Crippen LogP contribution in [-0.2, 0) is 6.42 Å². The van der Waals surface area contributed by atoms with Gasteiger partial charge in [0.1, 0.15) is 4.75 Å². The molecule has 7 heteroatoms. The van der Waals surface area contributed by atoms with Crippen molar-refractivity contribution in [2.45, 2.75) is 25.9 Å². The number of aromatic nitrogens is 1. The van der Waals surface area contributed by atoms with Crippen LogP contribution >= 0.6 is 19.9 Å². The van der Waals surface area contributed by atoms with Gasteiger partial charge in [-0.1, -0.05) is 27.6 Å². The second kappa shape index (κ2) is 8.07. The number of phenols is 2. The molecule has 0 aliphatic heterocycles. The molecule has 0 radical (unpaired) electrons. The van der Waals surface area contributed by atoms with Crippen molar-refractivity contribution >= 4 is 36.1 Å². The van der Waals surface area contributed by atoms with Crippen LogP contribution in [0.2, 0.25) is 0 Å². The minimum atomic E-state index is -0.223. The van der Waals surface area contributed by atoms with Gasteiger partial charge in [-0.2, -0.15) is 0 Å². The van der Waals surface area contributed by atoms with Gasteiger partial charge in [0.2, 0.25) is 0 Å². The number of thiazole rings is 1. The maximum absolute atomic E-state index is 9.97. The van der Waals surface area contributed by atoms with Crippen molar-refractivity contribution in [2.75, 3.05) is 5.73 Å². The molecule has 0 amide bonds. The summed E-state index contributed by atoms with van der Waals surface area (Å²) in [6.45, 7) is 4.18. The second-order valence-corrected chi connectivity index (χ2v) is 9.87. The lowest BCUT2D eigenvalue weighted by molar-refractivity contribution is 0.403. The Bertz CT molecular complexity index is 970. The first-order chi connectivity index (χ1) is 12.8. The quantitative estimate of drug-likeness (QED) is 0.219. The number of aryl methyl sites for hydroxylation is 1. The number of nitrogen functional groups attached to an aromatic ring is 1. The molecule has 0 aliphatic rings. The Morgan fingerprint density at radius 1 is 1.22 bits per heavy atom. The highest BCUT2D eigenvalue weighted by atomic mass is 32.1. The number of hydrogen-bond acceptors (Lipinski definition) is 6. The molecule has 2 aromatic carbocycles. The monoisotopic (exact) mass is 399 g/mol.